The van der Waals surface area contributed by atoms with Crippen LogP contribution in [0.4, 0.5) is 0 Å². The zero-order chi connectivity index (χ0) is 5.98. The van der Waals surface area contributed by atoms with E-state index in [4.69, 9.17) is 12.2 Å². The Morgan fingerprint density at radius 3 is 2.88 bits per heavy atom. The summed E-state index contributed by atoms with van der Waals surface area (Å²) in [6.45, 7) is 3.51. The van der Waals surface area contributed by atoms with Gasteiger partial charge in [0.1, 0.15) is 0 Å². The molecule has 0 saturated heterocycles. The smallest absolute Gasteiger partial charge is 0.0974 e. The number of hydrogen-bond acceptors (Lipinski definition) is 2. The van der Waals surface area contributed by atoms with Crippen LogP contribution in [-0.4, -0.2) is 23.8 Å². The first-order valence-corrected chi connectivity index (χ1v) is 2.96. The van der Waals surface area contributed by atoms with Crippen molar-refractivity contribution in [3.8, 4) is 0 Å². The van der Waals surface area contributed by atoms with E-state index in [-0.39, 0.29) is 0 Å². The molecule has 0 spiro atoms. The number of thiocarbonyl (C=S) groups is 1. The largest absolute Gasteiger partial charge is 0.373 e. The van der Waals surface area contributed by atoms with E-state index in [0.717, 1.165) is 17.2 Å². The summed E-state index contributed by atoms with van der Waals surface area (Å²) in [6, 6.07) is 0. The number of rotatable bonds is 0. The Morgan fingerprint density at radius 1 is 1.75 bits per heavy atom. The van der Waals surface area contributed by atoms with E-state index in [2.05, 4.69) is 10.3 Å². The highest BCUT2D eigenvalue weighted by Gasteiger charge is 2.00. The maximum absolute atomic E-state index is 4.84. The van der Waals surface area contributed by atoms with Crippen molar-refractivity contribution in [3.05, 3.63) is 0 Å². The topological polar surface area (TPSA) is 24.4 Å². The fraction of sp³-hybridized carbons (Fsp3) is 0.600. The minimum absolute atomic E-state index is 0.682. The first-order chi connectivity index (χ1) is 3.79. The molecule has 8 heavy (non-hydrogen) atoms. The van der Waals surface area contributed by atoms with Gasteiger partial charge in [0.25, 0.3) is 0 Å². The van der Waals surface area contributed by atoms with Crippen LogP contribution in [0.5, 0.6) is 0 Å². The fourth-order valence-electron chi connectivity index (χ4n) is 0.545. The Bertz CT molecular complexity index is 139. The summed E-state index contributed by atoms with van der Waals surface area (Å²) in [5, 5.41) is 3.03. The van der Waals surface area contributed by atoms with Crippen LogP contribution in [0.3, 0.4) is 0 Å². The van der Waals surface area contributed by atoms with Gasteiger partial charge in [-0.2, -0.15) is 0 Å². The molecule has 1 heterocycles. The van der Waals surface area contributed by atoms with E-state index in [1.807, 2.05) is 6.92 Å². The predicted octanol–water partition coefficient (Wildman–Crippen LogP) is 0.378. The molecule has 3 heteroatoms. The van der Waals surface area contributed by atoms with Gasteiger partial charge in [-0.25, -0.2) is 0 Å². The van der Waals surface area contributed by atoms with Gasteiger partial charge in [-0.3, -0.25) is 4.99 Å². The molecule has 0 amide bonds. The van der Waals surface area contributed by atoms with Gasteiger partial charge in [0, 0.05) is 5.71 Å². The predicted molar refractivity (Wildman–Crippen MR) is 38.6 cm³/mol. The highest BCUT2D eigenvalue weighted by molar-refractivity contribution is 7.80. The van der Waals surface area contributed by atoms with Gasteiger partial charge in [-0.15, -0.1) is 0 Å². The average molecular weight is 128 g/mol. The van der Waals surface area contributed by atoms with Gasteiger partial charge in [-0.05, 0) is 6.92 Å². The van der Waals surface area contributed by atoms with E-state index in [9.17, 15) is 0 Å². The van der Waals surface area contributed by atoms with Crippen molar-refractivity contribution < 1.29 is 0 Å². The molecule has 0 saturated carbocycles. The van der Waals surface area contributed by atoms with Gasteiger partial charge in [0.05, 0.1) is 18.1 Å². The molecule has 44 valence electrons. The second kappa shape index (κ2) is 2.22. The molecule has 0 aromatic carbocycles. The molecule has 2 nitrogen and oxygen atoms in total. The second-order valence-electron chi connectivity index (χ2n) is 1.83. The molecule has 0 aliphatic carbocycles. The molecule has 0 fully saturated rings. The van der Waals surface area contributed by atoms with Gasteiger partial charge in [-0.1, -0.05) is 12.2 Å². The molecule has 0 radical (unpaired) electrons. The van der Waals surface area contributed by atoms with Crippen molar-refractivity contribution >= 4 is 22.9 Å². The Balaban J connectivity index is 2.55. The highest BCUT2D eigenvalue weighted by atomic mass is 32.1. The van der Waals surface area contributed by atoms with Crippen LogP contribution in [0.25, 0.3) is 0 Å². The van der Waals surface area contributed by atoms with Crippen molar-refractivity contribution in [1.29, 1.82) is 0 Å². The molecular weight excluding hydrogens is 120 g/mol. The van der Waals surface area contributed by atoms with Crippen LogP contribution in [0.2, 0.25) is 0 Å². The normalized spacial score (nSPS) is 19.6. The van der Waals surface area contributed by atoms with Crippen molar-refractivity contribution in [1.82, 2.24) is 5.32 Å². The lowest BCUT2D eigenvalue weighted by Gasteiger charge is -2.10. The SMILES string of the molecule is CC1=NCC(=S)NC1. The zero-order valence-corrected chi connectivity index (χ0v) is 5.59. The summed E-state index contributed by atoms with van der Waals surface area (Å²) in [5.74, 6) is 0. The molecule has 1 aliphatic heterocycles. The quantitative estimate of drug-likeness (QED) is 0.477. The molecule has 1 N–H and O–H groups in total. The van der Waals surface area contributed by atoms with Crippen LogP contribution in [0, 0.1) is 0 Å². The van der Waals surface area contributed by atoms with E-state index < -0.39 is 0 Å². The molecule has 0 aromatic heterocycles. The third-order valence-electron chi connectivity index (χ3n) is 1.03. The van der Waals surface area contributed by atoms with Crippen LogP contribution in [0.15, 0.2) is 4.99 Å². The minimum Gasteiger partial charge on any atom is -0.373 e. The standard InChI is InChI=1S/C5H8N2S/c1-4-2-7-5(8)3-6-4/h2-3H2,1H3,(H,7,8). The van der Waals surface area contributed by atoms with E-state index in [0.29, 0.717) is 6.54 Å². The van der Waals surface area contributed by atoms with Crippen molar-refractivity contribution in [2.24, 2.45) is 4.99 Å². The Labute approximate surface area is 54.0 Å². The Morgan fingerprint density at radius 2 is 2.50 bits per heavy atom. The highest BCUT2D eigenvalue weighted by Crippen LogP contribution is 1.85. The van der Waals surface area contributed by atoms with Crippen LogP contribution < -0.4 is 5.32 Å². The first-order valence-electron chi connectivity index (χ1n) is 2.55. The molecule has 0 atom stereocenters. The monoisotopic (exact) mass is 128 g/mol. The van der Waals surface area contributed by atoms with Crippen molar-refractivity contribution in [2.45, 2.75) is 6.92 Å². The summed E-state index contributed by atoms with van der Waals surface area (Å²) in [4.78, 5) is 4.98. The van der Waals surface area contributed by atoms with E-state index in [1.54, 1.807) is 0 Å². The lowest BCUT2D eigenvalue weighted by molar-refractivity contribution is 1.01. The van der Waals surface area contributed by atoms with Crippen LogP contribution >= 0.6 is 12.2 Å². The molecule has 0 aromatic rings. The molecule has 1 aliphatic rings. The lowest BCUT2D eigenvalue weighted by Crippen LogP contribution is -2.33. The van der Waals surface area contributed by atoms with Gasteiger partial charge in [0.15, 0.2) is 0 Å². The average Bonchev–Trinajstić information content (AvgIpc) is 1.77. The molecule has 1 rings (SSSR count). The van der Waals surface area contributed by atoms with Crippen molar-refractivity contribution in [2.75, 3.05) is 13.1 Å². The number of hydrogen-bond donors (Lipinski definition) is 1. The lowest BCUT2D eigenvalue weighted by atomic mass is 10.3. The van der Waals surface area contributed by atoms with Gasteiger partial charge < -0.3 is 5.32 Å². The summed E-state index contributed by atoms with van der Waals surface area (Å²) in [7, 11) is 0. The Kier molecular flexibility index (Phi) is 1.58. The summed E-state index contributed by atoms with van der Waals surface area (Å²) >= 11 is 4.84. The van der Waals surface area contributed by atoms with Gasteiger partial charge >= 0.3 is 0 Å². The summed E-state index contributed by atoms with van der Waals surface area (Å²) in [6.07, 6.45) is 0. The molecule has 0 unspecified atom stereocenters. The van der Waals surface area contributed by atoms with E-state index >= 15 is 0 Å². The maximum Gasteiger partial charge on any atom is 0.0974 e. The minimum atomic E-state index is 0.682. The van der Waals surface area contributed by atoms with E-state index in [1.165, 1.54) is 0 Å². The number of aliphatic imine (C=N–C) groups is 1. The second-order valence-corrected chi connectivity index (χ2v) is 2.32. The Hall–Kier alpha value is -0.440. The molecular formula is C5H8N2S. The molecule has 0 bridgehead atoms. The third-order valence-corrected chi connectivity index (χ3v) is 1.31. The van der Waals surface area contributed by atoms with Crippen molar-refractivity contribution in [3.63, 3.8) is 0 Å². The van der Waals surface area contributed by atoms with Crippen LogP contribution in [0.1, 0.15) is 6.92 Å². The fourth-order valence-corrected chi connectivity index (χ4v) is 0.682. The summed E-state index contributed by atoms with van der Waals surface area (Å²) < 4.78 is 0. The number of nitrogens with one attached hydrogen (secondary N) is 1. The third kappa shape index (κ3) is 1.26. The van der Waals surface area contributed by atoms with Gasteiger partial charge in [0.2, 0.25) is 0 Å². The first kappa shape index (κ1) is 5.69. The summed E-state index contributed by atoms with van der Waals surface area (Å²) in [5.41, 5.74) is 1.14. The van der Waals surface area contributed by atoms with Crippen LogP contribution in [-0.2, 0) is 0 Å². The maximum atomic E-state index is 4.84. The zero-order valence-electron chi connectivity index (χ0n) is 4.77. The number of nitrogens with zero attached hydrogens (tertiary/aromatic N) is 1.